The van der Waals surface area contributed by atoms with E-state index in [-0.39, 0.29) is 5.82 Å². The zero-order valence-electron chi connectivity index (χ0n) is 7.48. The van der Waals surface area contributed by atoms with Gasteiger partial charge in [0.05, 0.1) is 23.9 Å². The van der Waals surface area contributed by atoms with Crippen LogP contribution in [0.15, 0.2) is 23.7 Å². The molecule has 5 heteroatoms. The number of ether oxygens (including phenoxy) is 1. The average molecular weight is 208 g/mol. The summed E-state index contributed by atoms with van der Waals surface area (Å²) in [4.78, 5) is 18.9. The lowest BCUT2D eigenvalue weighted by atomic mass is 10.4. The van der Waals surface area contributed by atoms with Gasteiger partial charge in [-0.2, -0.15) is 0 Å². The molecule has 0 aliphatic heterocycles. The highest BCUT2D eigenvalue weighted by atomic mass is 32.1. The van der Waals surface area contributed by atoms with E-state index in [1.54, 1.807) is 17.5 Å². The standard InChI is InChI=1S/C9H8N2O2S/c1-13-9(12)8-10-5-6(11-8)7-3-2-4-14-7/h2-5H,1H3,(H,10,11). The molecule has 2 heterocycles. The second-order valence-corrected chi connectivity index (χ2v) is 3.56. The Balaban J connectivity index is 2.31. The first-order valence-corrected chi connectivity index (χ1v) is 4.86. The van der Waals surface area contributed by atoms with Crippen LogP contribution in [0, 0.1) is 0 Å². The highest BCUT2D eigenvalue weighted by molar-refractivity contribution is 7.13. The minimum absolute atomic E-state index is 0.232. The number of nitrogens with zero attached hydrogens (tertiary/aromatic N) is 1. The summed E-state index contributed by atoms with van der Waals surface area (Å²) in [5, 5.41) is 1.97. The van der Waals surface area contributed by atoms with Crippen molar-refractivity contribution in [3.8, 4) is 10.6 Å². The maximum Gasteiger partial charge on any atom is 0.374 e. The van der Waals surface area contributed by atoms with Crippen molar-refractivity contribution in [2.75, 3.05) is 7.11 Å². The third-order valence-corrected chi connectivity index (χ3v) is 2.64. The Kier molecular flexibility index (Phi) is 2.32. The molecule has 4 nitrogen and oxygen atoms in total. The molecule has 0 bridgehead atoms. The normalized spacial score (nSPS) is 10.1. The van der Waals surface area contributed by atoms with Crippen LogP contribution in [0.4, 0.5) is 0 Å². The minimum atomic E-state index is -0.451. The van der Waals surface area contributed by atoms with Gasteiger partial charge in [0, 0.05) is 0 Å². The summed E-state index contributed by atoms with van der Waals surface area (Å²) < 4.78 is 4.54. The number of aromatic nitrogens is 2. The van der Waals surface area contributed by atoms with E-state index in [1.165, 1.54) is 7.11 Å². The number of thiophene rings is 1. The molecule has 0 atom stereocenters. The fourth-order valence-corrected chi connectivity index (χ4v) is 1.77. The third kappa shape index (κ3) is 1.54. The number of nitrogens with one attached hydrogen (secondary N) is 1. The number of rotatable bonds is 2. The lowest BCUT2D eigenvalue weighted by Crippen LogP contribution is -2.02. The molecule has 0 aliphatic carbocycles. The Morgan fingerprint density at radius 2 is 2.50 bits per heavy atom. The summed E-state index contributed by atoms with van der Waals surface area (Å²) in [6, 6.07) is 3.90. The first kappa shape index (κ1) is 8.96. The number of carbonyl (C=O) groups is 1. The van der Waals surface area contributed by atoms with Crippen molar-refractivity contribution in [2.24, 2.45) is 0 Å². The Morgan fingerprint density at radius 1 is 1.64 bits per heavy atom. The molecule has 2 rings (SSSR count). The predicted molar refractivity (Wildman–Crippen MR) is 53.2 cm³/mol. The summed E-state index contributed by atoms with van der Waals surface area (Å²) in [6.45, 7) is 0. The lowest BCUT2D eigenvalue weighted by molar-refractivity contribution is 0.0588. The number of imidazole rings is 1. The number of methoxy groups -OCH3 is 1. The molecule has 0 aromatic carbocycles. The van der Waals surface area contributed by atoms with E-state index in [0.29, 0.717) is 0 Å². The zero-order valence-corrected chi connectivity index (χ0v) is 8.30. The zero-order chi connectivity index (χ0) is 9.97. The molecular formula is C9H8N2O2S. The average Bonchev–Trinajstić information content (AvgIpc) is 2.86. The molecule has 2 aromatic rings. The van der Waals surface area contributed by atoms with E-state index in [2.05, 4.69) is 14.7 Å². The van der Waals surface area contributed by atoms with E-state index in [0.717, 1.165) is 10.6 Å². The molecule has 0 spiro atoms. The van der Waals surface area contributed by atoms with Crippen molar-refractivity contribution in [3.05, 3.63) is 29.5 Å². The third-order valence-electron chi connectivity index (χ3n) is 1.74. The van der Waals surface area contributed by atoms with Crippen molar-refractivity contribution < 1.29 is 9.53 Å². The molecule has 14 heavy (non-hydrogen) atoms. The quantitative estimate of drug-likeness (QED) is 0.767. The Bertz CT molecular complexity index is 433. The Morgan fingerprint density at radius 3 is 3.14 bits per heavy atom. The summed E-state index contributed by atoms with van der Waals surface area (Å²) in [6.07, 6.45) is 1.62. The van der Waals surface area contributed by atoms with E-state index in [9.17, 15) is 4.79 Å². The Hall–Kier alpha value is -1.62. The van der Waals surface area contributed by atoms with Crippen molar-refractivity contribution in [3.63, 3.8) is 0 Å². The molecular weight excluding hydrogens is 200 g/mol. The monoisotopic (exact) mass is 208 g/mol. The van der Waals surface area contributed by atoms with E-state index < -0.39 is 5.97 Å². The fraction of sp³-hybridized carbons (Fsp3) is 0.111. The predicted octanol–water partition coefficient (Wildman–Crippen LogP) is 1.92. The smallest absolute Gasteiger partial charge is 0.374 e. The van der Waals surface area contributed by atoms with Gasteiger partial charge in [0.2, 0.25) is 5.82 Å². The minimum Gasteiger partial charge on any atom is -0.463 e. The van der Waals surface area contributed by atoms with Crippen LogP contribution in [-0.2, 0) is 4.74 Å². The highest BCUT2D eigenvalue weighted by Gasteiger charge is 2.10. The molecule has 0 amide bonds. The van der Waals surface area contributed by atoms with Crippen LogP contribution in [0.25, 0.3) is 10.6 Å². The van der Waals surface area contributed by atoms with Gasteiger partial charge in [-0.3, -0.25) is 0 Å². The number of carbonyl (C=O) groups excluding carboxylic acids is 1. The van der Waals surface area contributed by atoms with Crippen molar-refractivity contribution in [1.82, 2.24) is 9.97 Å². The molecule has 2 aromatic heterocycles. The van der Waals surface area contributed by atoms with E-state index >= 15 is 0 Å². The second kappa shape index (κ2) is 3.63. The Labute approximate surface area is 84.6 Å². The van der Waals surface area contributed by atoms with Gasteiger partial charge in [-0.1, -0.05) is 6.07 Å². The molecule has 0 unspecified atom stereocenters. The topological polar surface area (TPSA) is 55.0 Å². The van der Waals surface area contributed by atoms with Gasteiger partial charge in [0.25, 0.3) is 0 Å². The van der Waals surface area contributed by atoms with Crippen LogP contribution in [0.1, 0.15) is 10.6 Å². The van der Waals surface area contributed by atoms with E-state index in [1.807, 2.05) is 17.5 Å². The van der Waals surface area contributed by atoms with Crippen LogP contribution >= 0.6 is 11.3 Å². The first-order chi connectivity index (χ1) is 6.81. The van der Waals surface area contributed by atoms with Crippen LogP contribution < -0.4 is 0 Å². The molecule has 0 fully saturated rings. The number of H-pyrrole nitrogens is 1. The SMILES string of the molecule is COC(=O)c1ncc(-c2cccs2)[nH]1. The molecule has 0 saturated heterocycles. The lowest BCUT2D eigenvalue weighted by Gasteiger charge is -1.92. The number of aromatic amines is 1. The molecule has 1 N–H and O–H groups in total. The van der Waals surface area contributed by atoms with Gasteiger partial charge in [-0.15, -0.1) is 11.3 Å². The summed E-state index contributed by atoms with van der Waals surface area (Å²) >= 11 is 1.59. The highest BCUT2D eigenvalue weighted by Crippen LogP contribution is 2.22. The van der Waals surface area contributed by atoms with Gasteiger partial charge >= 0.3 is 5.97 Å². The van der Waals surface area contributed by atoms with Crippen molar-refractivity contribution in [1.29, 1.82) is 0 Å². The number of hydrogen-bond acceptors (Lipinski definition) is 4. The first-order valence-electron chi connectivity index (χ1n) is 3.98. The summed E-state index contributed by atoms with van der Waals surface area (Å²) in [5.74, 6) is -0.219. The second-order valence-electron chi connectivity index (χ2n) is 2.61. The van der Waals surface area contributed by atoms with Crippen molar-refractivity contribution >= 4 is 17.3 Å². The molecule has 72 valence electrons. The summed E-state index contributed by atoms with van der Waals surface area (Å²) in [5.41, 5.74) is 0.834. The van der Waals surface area contributed by atoms with Crippen LogP contribution in [0.2, 0.25) is 0 Å². The molecule has 0 radical (unpaired) electrons. The van der Waals surface area contributed by atoms with Gasteiger partial charge in [-0.05, 0) is 11.4 Å². The molecule has 0 saturated carbocycles. The van der Waals surface area contributed by atoms with Crippen molar-refractivity contribution in [2.45, 2.75) is 0 Å². The maximum absolute atomic E-state index is 11.1. The van der Waals surface area contributed by atoms with Crippen LogP contribution in [-0.4, -0.2) is 23.0 Å². The van der Waals surface area contributed by atoms with Gasteiger partial charge < -0.3 is 9.72 Å². The summed E-state index contributed by atoms with van der Waals surface area (Å²) in [7, 11) is 1.33. The molecule has 0 aliphatic rings. The van der Waals surface area contributed by atoms with Gasteiger partial charge in [0.1, 0.15) is 0 Å². The maximum atomic E-state index is 11.1. The number of hydrogen-bond donors (Lipinski definition) is 1. The van der Waals surface area contributed by atoms with Crippen LogP contribution in [0.5, 0.6) is 0 Å². The fourth-order valence-electron chi connectivity index (χ4n) is 1.08. The van der Waals surface area contributed by atoms with Gasteiger partial charge in [-0.25, -0.2) is 9.78 Å². The number of esters is 1. The van der Waals surface area contributed by atoms with Gasteiger partial charge in [0.15, 0.2) is 0 Å². The van der Waals surface area contributed by atoms with E-state index in [4.69, 9.17) is 0 Å². The van der Waals surface area contributed by atoms with Crippen LogP contribution in [0.3, 0.4) is 0 Å². The largest absolute Gasteiger partial charge is 0.463 e.